The Morgan fingerprint density at radius 3 is 2.46 bits per heavy atom. The van der Waals surface area contributed by atoms with Crippen molar-refractivity contribution in [3.63, 3.8) is 0 Å². The van der Waals surface area contributed by atoms with Gasteiger partial charge in [0.2, 0.25) is 6.23 Å². The quantitative estimate of drug-likeness (QED) is 0.836. The van der Waals surface area contributed by atoms with Crippen molar-refractivity contribution in [1.82, 2.24) is 9.55 Å². The lowest BCUT2D eigenvalue weighted by Crippen LogP contribution is -2.47. The Labute approximate surface area is 142 Å². The lowest BCUT2D eigenvalue weighted by atomic mass is 10.2. The highest BCUT2D eigenvalue weighted by atomic mass is 28.4. The highest BCUT2D eigenvalue weighted by Gasteiger charge is 2.49. The van der Waals surface area contributed by atoms with Gasteiger partial charge in [0, 0.05) is 19.4 Å². The van der Waals surface area contributed by atoms with Crippen LogP contribution in [0.1, 0.15) is 27.0 Å². The molecular formula is C16H26N2O5Si. The van der Waals surface area contributed by atoms with Gasteiger partial charge >= 0.3 is 5.69 Å². The Morgan fingerprint density at radius 1 is 1.33 bits per heavy atom. The molecular weight excluding hydrogens is 328 g/mol. The molecule has 3 atom stereocenters. The predicted molar refractivity (Wildman–Crippen MR) is 93.5 cm³/mol. The number of rotatable bonds is 4. The largest absolute Gasteiger partial charge is 0.469 e. The Bertz CT molecular complexity index is 731. The summed E-state index contributed by atoms with van der Waals surface area (Å²) in [5.74, 6) is 0.426. The van der Waals surface area contributed by atoms with Gasteiger partial charge in [-0.05, 0) is 18.1 Å². The third-order valence-electron chi connectivity index (χ3n) is 4.79. The minimum Gasteiger partial charge on any atom is -0.469 e. The molecule has 0 amide bonds. The molecule has 0 saturated carbocycles. The number of nitrogens with one attached hydrogen (secondary N) is 1. The zero-order valence-corrected chi connectivity index (χ0v) is 16.1. The fourth-order valence-corrected chi connectivity index (χ4v) is 3.59. The summed E-state index contributed by atoms with van der Waals surface area (Å²) in [7, 11) is -0.549. The number of hydrogen-bond donors (Lipinski definition) is 1. The minimum atomic E-state index is -2.09. The van der Waals surface area contributed by atoms with Crippen molar-refractivity contribution >= 4 is 8.32 Å². The molecule has 7 nitrogen and oxygen atoms in total. The number of methoxy groups -OCH3 is 1. The molecule has 1 aliphatic rings. The summed E-state index contributed by atoms with van der Waals surface area (Å²) in [6.07, 6.45) is -0.351. The van der Waals surface area contributed by atoms with E-state index in [1.165, 1.54) is 16.8 Å². The fourth-order valence-electron chi connectivity index (χ4n) is 2.33. The lowest BCUT2D eigenvalue weighted by molar-refractivity contribution is -0.0406. The number of H-pyrrole nitrogens is 1. The van der Waals surface area contributed by atoms with Crippen LogP contribution in [0.5, 0.6) is 0 Å². The van der Waals surface area contributed by atoms with Crippen molar-refractivity contribution in [2.75, 3.05) is 7.11 Å². The maximum atomic E-state index is 12.1. The second-order valence-electron chi connectivity index (χ2n) is 7.49. The van der Waals surface area contributed by atoms with Gasteiger partial charge in [-0.2, -0.15) is 0 Å². The Kier molecular flexibility index (Phi) is 4.94. The van der Waals surface area contributed by atoms with E-state index in [4.69, 9.17) is 13.9 Å². The molecule has 1 aromatic heterocycles. The van der Waals surface area contributed by atoms with Crippen molar-refractivity contribution in [3.8, 4) is 0 Å². The van der Waals surface area contributed by atoms with E-state index in [2.05, 4.69) is 45.4 Å². The summed E-state index contributed by atoms with van der Waals surface area (Å²) >= 11 is 0. The van der Waals surface area contributed by atoms with Crippen LogP contribution in [-0.4, -0.2) is 37.2 Å². The molecule has 2 heterocycles. The van der Waals surface area contributed by atoms with Gasteiger partial charge in [-0.1, -0.05) is 27.4 Å². The average molecular weight is 354 g/mol. The zero-order chi connectivity index (χ0) is 18.3. The molecule has 1 N–H and O–H groups in total. The van der Waals surface area contributed by atoms with Crippen LogP contribution in [0.25, 0.3) is 0 Å². The normalized spacial score (nSPS) is 24.9. The first-order valence-electron chi connectivity index (χ1n) is 7.85. The number of aromatic nitrogens is 2. The van der Waals surface area contributed by atoms with Gasteiger partial charge in [0.25, 0.3) is 5.56 Å². The van der Waals surface area contributed by atoms with Crippen molar-refractivity contribution in [2.45, 2.75) is 57.3 Å². The van der Waals surface area contributed by atoms with E-state index in [-0.39, 0.29) is 5.04 Å². The molecule has 8 heteroatoms. The fraction of sp³-hybridized carbons (Fsp3) is 0.625. The number of ether oxygens (including phenoxy) is 2. The van der Waals surface area contributed by atoms with E-state index in [1.54, 1.807) is 7.11 Å². The first-order valence-corrected chi connectivity index (χ1v) is 10.8. The second kappa shape index (κ2) is 6.34. The molecule has 1 saturated heterocycles. The number of aromatic amines is 1. The topological polar surface area (TPSA) is 82.6 Å². The van der Waals surface area contributed by atoms with Crippen LogP contribution in [0, 0.1) is 0 Å². The second-order valence-corrected chi connectivity index (χ2v) is 12.2. The maximum Gasteiger partial charge on any atom is 0.331 e. The Balaban J connectivity index is 2.35. The monoisotopic (exact) mass is 354 g/mol. The maximum absolute atomic E-state index is 12.1. The highest BCUT2D eigenvalue weighted by Crippen LogP contribution is 2.42. The predicted octanol–water partition coefficient (Wildman–Crippen LogP) is 1.98. The molecule has 134 valence electrons. The average Bonchev–Trinajstić information content (AvgIpc) is 2.73. The summed E-state index contributed by atoms with van der Waals surface area (Å²) in [6.45, 7) is 14.6. The van der Waals surface area contributed by atoms with E-state index >= 15 is 0 Å². The molecule has 1 aliphatic heterocycles. The first-order chi connectivity index (χ1) is 11.0. The molecule has 0 aliphatic carbocycles. The summed E-state index contributed by atoms with van der Waals surface area (Å²) in [6, 6.07) is 1.27. The molecule has 0 bridgehead atoms. The van der Waals surface area contributed by atoms with Crippen LogP contribution < -0.4 is 11.2 Å². The summed E-state index contributed by atoms with van der Waals surface area (Å²) < 4.78 is 19.0. The van der Waals surface area contributed by atoms with Crippen LogP contribution in [0.3, 0.4) is 0 Å². The van der Waals surface area contributed by atoms with Gasteiger partial charge in [0.15, 0.2) is 8.32 Å². The highest BCUT2D eigenvalue weighted by molar-refractivity contribution is 6.74. The molecule has 1 unspecified atom stereocenters. The van der Waals surface area contributed by atoms with E-state index < -0.39 is 38.0 Å². The van der Waals surface area contributed by atoms with Crippen molar-refractivity contribution in [2.24, 2.45) is 0 Å². The van der Waals surface area contributed by atoms with Gasteiger partial charge in [-0.3, -0.25) is 14.3 Å². The van der Waals surface area contributed by atoms with E-state index in [1.807, 2.05) is 0 Å². The van der Waals surface area contributed by atoms with E-state index in [9.17, 15) is 9.59 Å². The lowest BCUT2D eigenvalue weighted by Gasteiger charge is -2.39. The summed E-state index contributed by atoms with van der Waals surface area (Å²) in [5.41, 5.74) is -1.02. The minimum absolute atomic E-state index is 0.0124. The van der Waals surface area contributed by atoms with Crippen molar-refractivity contribution < 1.29 is 13.9 Å². The molecule has 0 spiro atoms. The SMILES string of the molecule is C=C1O[C@@H](n2ccc(=O)[nH]c2=O)[C@H](OC)C1O[Si](C)(C)C(C)(C)C. The van der Waals surface area contributed by atoms with Crippen LogP contribution in [0.4, 0.5) is 0 Å². The zero-order valence-electron chi connectivity index (χ0n) is 15.1. The van der Waals surface area contributed by atoms with Gasteiger partial charge in [0.05, 0.1) is 0 Å². The van der Waals surface area contributed by atoms with Gasteiger partial charge < -0.3 is 13.9 Å². The van der Waals surface area contributed by atoms with Crippen LogP contribution in [-0.2, 0) is 13.9 Å². The van der Waals surface area contributed by atoms with Crippen LogP contribution >= 0.6 is 0 Å². The van der Waals surface area contributed by atoms with Gasteiger partial charge in [-0.25, -0.2) is 4.79 Å². The molecule has 1 aromatic rings. The Morgan fingerprint density at radius 2 is 1.96 bits per heavy atom. The molecule has 2 rings (SSSR count). The molecule has 0 aromatic carbocycles. The summed E-state index contributed by atoms with van der Waals surface area (Å²) in [5, 5.41) is 0.0124. The van der Waals surface area contributed by atoms with Crippen LogP contribution in [0.15, 0.2) is 34.2 Å². The Hall–Kier alpha value is -1.64. The third kappa shape index (κ3) is 3.40. The molecule has 24 heavy (non-hydrogen) atoms. The van der Waals surface area contributed by atoms with E-state index in [0.29, 0.717) is 5.76 Å². The number of nitrogens with zero attached hydrogens (tertiary/aromatic N) is 1. The molecule has 1 fully saturated rings. The van der Waals surface area contributed by atoms with Crippen LogP contribution in [0.2, 0.25) is 18.1 Å². The number of hydrogen-bond acceptors (Lipinski definition) is 5. The standard InChI is InChI=1S/C16H26N2O5Si/c1-10-12(23-24(6,7)16(2,3)4)13(21-5)14(22-10)18-9-8-11(19)17-15(18)20/h8-9,12-14H,1H2,2-7H3,(H,17,19,20)/t12?,13-,14-/m1/s1. The third-order valence-corrected chi connectivity index (χ3v) is 9.25. The van der Waals surface area contributed by atoms with E-state index in [0.717, 1.165) is 0 Å². The van der Waals surface area contributed by atoms with Gasteiger partial charge in [-0.15, -0.1) is 0 Å². The molecule has 0 radical (unpaired) electrons. The van der Waals surface area contributed by atoms with Crippen molar-refractivity contribution in [1.29, 1.82) is 0 Å². The smallest absolute Gasteiger partial charge is 0.331 e. The van der Waals surface area contributed by atoms with Crippen molar-refractivity contribution in [3.05, 3.63) is 45.4 Å². The first kappa shape index (κ1) is 18.7. The summed E-state index contributed by atoms with van der Waals surface area (Å²) in [4.78, 5) is 25.5. The van der Waals surface area contributed by atoms with Gasteiger partial charge in [0.1, 0.15) is 18.0 Å².